The summed E-state index contributed by atoms with van der Waals surface area (Å²) >= 11 is 1.36. The summed E-state index contributed by atoms with van der Waals surface area (Å²) in [7, 11) is -3.46. The van der Waals surface area contributed by atoms with Crippen molar-refractivity contribution < 1.29 is 13.2 Å². The second-order valence-corrected chi connectivity index (χ2v) is 9.58. The maximum atomic E-state index is 13.0. The van der Waals surface area contributed by atoms with Crippen molar-refractivity contribution in [3.63, 3.8) is 0 Å². The number of ether oxygens (including phenoxy) is 1. The molecule has 0 aliphatic carbocycles. The number of hydrogen-bond donors (Lipinski definition) is 0. The van der Waals surface area contributed by atoms with Crippen molar-refractivity contribution in [1.29, 1.82) is 0 Å². The Morgan fingerprint density at radius 3 is 2.50 bits per heavy atom. The van der Waals surface area contributed by atoms with E-state index in [-0.39, 0.29) is 12.2 Å². The van der Waals surface area contributed by atoms with Crippen LogP contribution < -0.4 is 0 Å². The third-order valence-corrected chi connectivity index (χ3v) is 7.78. The van der Waals surface area contributed by atoms with Crippen molar-refractivity contribution >= 4 is 21.4 Å². The Labute approximate surface area is 148 Å². The lowest BCUT2D eigenvalue weighted by molar-refractivity contribution is -0.0556. The Morgan fingerprint density at radius 1 is 1.17 bits per heavy atom. The normalized spacial score (nSPS) is 22.6. The summed E-state index contributed by atoms with van der Waals surface area (Å²) in [6, 6.07) is 11.7. The standard InChI is InChI=1S/C18H23NO3S2/c1-4-16-9-10-18(23-16)24(20,21)19-11-14(3)22-17(12-19)15-7-5-13(2)6-8-15/h5-10,14,17H,4,11-12H2,1-3H3. The Morgan fingerprint density at radius 2 is 1.88 bits per heavy atom. The van der Waals surface area contributed by atoms with Crippen LogP contribution in [0.2, 0.25) is 0 Å². The van der Waals surface area contributed by atoms with Gasteiger partial charge >= 0.3 is 0 Å². The van der Waals surface area contributed by atoms with Crippen LogP contribution in [0, 0.1) is 6.92 Å². The van der Waals surface area contributed by atoms with E-state index in [0.29, 0.717) is 17.3 Å². The smallest absolute Gasteiger partial charge is 0.252 e. The Bertz CT molecular complexity index is 796. The number of morpholine rings is 1. The monoisotopic (exact) mass is 365 g/mol. The van der Waals surface area contributed by atoms with Gasteiger partial charge in [0, 0.05) is 18.0 Å². The molecule has 2 aromatic rings. The summed E-state index contributed by atoms with van der Waals surface area (Å²) in [5.74, 6) is 0. The number of rotatable bonds is 4. The summed E-state index contributed by atoms with van der Waals surface area (Å²) in [5, 5.41) is 0. The second-order valence-electron chi connectivity index (χ2n) is 6.24. The molecule has 2 heterocycles. The zero-order valence-corrected chi connectivity index (χ0v) is 15.9. The fourth-order valence-corrected chi connectivity index (χ4v) is 5.85. The fourth-order valence-electron chi connectivity index (χ4n) is 2.89. The van der Waals surface area contributed by atoms with Crippen molar-refractivity contribution in [1.82, 2.24) is 4.31 Å². The number of thiophene rings is 1. The molecule has 1 saturated heterocycles. The minimum absolute atomic E-state index is 0.134. The summed E-state index contributed by atoms with van der Waals surface area (Å²) in [6.07, 6.45) is 0.492. The SMILES string of the molecule is CCc1ccc(S(=O)(=O)N2CC(C)OC(c3ccc(C)cc3)C2)s1. The van der Waals surface area contributed by atoms with Gasteiger partial charge in [0.1, 0.15) is 4.21 Å². The van der Waals surface area contributed by atoms with E-state index in [0.717, 1.165) is 16.9 Å². The molecule has 2 atom stereocenters. The van der Waals surface area contributed by atoms with E-state index in [9.17, 15) is 8.42 Å². The van der Waals surface area contributed by atoms with E-state index in [1.54, 1.807) is 10.4 Å². The predicted octanol–water partition coefficient (Wildman–Crippen LogP) is 3.77. The molecule has 6 heteroatoms. The molecule has 0 amide bonds. The number of aryl methyl sites for hydroxylation is 2. The zero-order valence-electron chi connectivity index (χ0n) is 14.2. The van der Waals surface area contributed by atoms with E-state index in [1.807, 2.05) is 51.1 Å². The van der Waals surface area contributed by atoms with Crippen LogP contribution in [0.5, 0.6) is 0 Å². The molecule has 0 bridgehead atoms. The first kappa shape index (κ1) is 17.6. The second kappa shape index (κ2) is 6.96. The predicted molar refractivity (Wildman–Crippen MR) is 96.9 cm³/mol. The Kier molecular flexibility index (Phi) is 5.11. The lowest BCUT2D eigenvalue weighted by Gasteiger charge is -2.36. The van der Waals surface area contributed by atoms with Gasteiger partial charge in [-0.05, 0) is 38.0 Å². The summed E-state index contributed by atoms with van der Waals surface area (Å²) < 4.78 is 33.9. The van der Waals surface area contributed by atoms with Crippen LogP contribution in [0.1, 0.15) is 36.0 Å². The number of nitrogens with zero attached hydrogens (tertiary/aromatic N) is 1. The molecular weight excluding hydrogens is 342 g/mol. The Hall–Kier alpha value is -1.21. The molecule has 0 N–H and O–H groups in total. The highest BCUT2D eigenvalue weighted by atomic mass is 32.2. The molecular formula is C18H23NO3S2. The third kappa shape index (κ3) is 3.57. The lowest BCUT2D eigenvalue weighted by atomic mass is 10.1. The molecule has 0 saturated carbocycles. The quantitative estimate of drug-likeness (QED) is 0.828. The van der Waals surface area contributed by atoms with E-state index >= 15 is 0 Å². The van der Waals surface area contributed by atoms with Gasteiger partial charge in [-0.25, -0.2) is 8.42 Å². The van der Waals surface area contributed by atoms with Crippen molar-refractivity contribution in [3.8, 4) is 0 Å². The van der Waals surface area contributed by atoms with Gasteiger partial charge in [0.15, 0.2) is 0 Å². The first-order valence-corrected chi connectivity index (χ1v) is 10.5. The van der Waals surface area contributed by atoms with Crippen molar-refractivity contribution in [2.75, 3.05) is 13.1 Å². The fraction of sp³-hybridized carbons (Fsp3) is 0.444. The Balaban J connectivity index is 1.86. The summed E-state index contributed by atoms with van der Waals surface area (Å²) in [5.41, 5.74) is 2.20. The first-order valence-electron chi connectivity index (χ1n) is 8.21. The largest absolute Gasteiger partial charge is 0.368 e. The van der Waals surface area contributed by atoms with Gasteiger partial charge in [0.25, 0.3) is 10.0 Å². The molecule has 2 unspecified atom stereocenters. The van der Waals surface area contributed by atoms with Gasteiger partial charge in [-0.3, -0.25) is 0 Å². The van der Waals surface area contributed by atoms with Crippen molar-refractivity contribution in [3.05, 3.63) is 52.4 Å². The summed E-state index contributed by atoms with van der Waals surface area (Å²) in [6.45, 7) is 6.74. The number of hydrogen-bond acceptors (Lipinski definition) is 4. The molecule has 24 heavy (non-hydrogen) atoms. The lowest BCUT2D eigenvalue weighted by Crippen LogP contribution is -2.45. The van der Waals surface area contributed by atoms with Crippen LogP contribution in [0.15, 0.2) is 40.6 Å². The van der Waals surface area contributed by atoms with Crippen LogP contribution in [-0.2, 0) is 21.2 Å². The van der Waals surface area contributed by atoms with Gasteiger partial charge in [-0.1, -0.05) is 36.8 Å². The van der Waals surface area contributed by atoms with Gasteiger partial charge in [0.2, 0.25) is 0 Å². The van der Waals surface area contributed by atoms with E-state index < -0.39 is 10.0 Å². The maximum Gasteiger partial charge on any atom is 0.252 e. The molecule has 1 fully saturated rings. The van der Waals surface area contributed by atoms with Crippen LogP contribution in [0.3, 0.4) is 0 Å². The van der Waals surface area contributed by atoms with E-state index in [2.05, 4.69) is 0 Å². The van der Waals surface area contributed by atoms with Gasteiger partial charge in [-0.15, -0.1) is 11.3 Å². The topological polar surface area (TPSA) is 46.6 Å². The van der Waals surface area contributed by atoms with Gasteiger partial charge in [0.05, 0.1) is 12.2 Å². The van der Waals surface area contributed by atoms with Crippen molar-refractivity contribution in [2.24, 2.45) is 0 Å². The molecule has 1 aromatic carbocycles. The molecule has 1 aliphatic heterocycles. The van der Waals surface area contributed by atoms with Crippen LogP contribution in [0.25, 0.3) is 0 Å². The molecule has 1 aromatic heterocycles. The number of benzene rings is 1. The average Bonchev–Trinajstić information content (AvgIpc) is 3.05. The molecule has 3 rings (SSSR count). The third-order valence-electron chi connectivity index (χ3n) is 4.26. The minimum atomic E-state index is -3.46. The maximum absolute atomic E-state index is 13.0. The van der Waals surface area contributed by atoms with E-state index in [4.69, 9.17) is 4.74 Å². The average molecular weight is 366 g/mol. The molecule has 0 radical (unpaired) electrons. The first-order chi connectivity index (χ1) is 11.4. The van der Waals surface area contributed by atoms with Crippen LogP contribution in [-0.4, -0.2) is 31.9 Å². The van der Waals surface area contributed by atoms with Gasteiger partial charge < -0.3 is 4.74 Å². The number of sulfonamides is 1. The summed E-state index contributed by atoms with van der Waals surface area (Å²) in [4.78, 5) is 1.09. The van der Waals surface area contributed by atoms with Gasteiger partial charge in [-0.2, -0.15) is 4.31 Å². The van der Waals surface area contributed by atoms with Crippen LogP contribution in [0.4, 0.5) is 0 Å². The van der Waals surface area contributed by atoms with Crippen LogP contribution >= 0.6 is 11.3 Å². The van der Waals surface area contributed by atoms with E-state index in [1.165, 1.54) is 16.9 Å². The molecule has 4 nitrogen and oxygen atoms in total. The highest BCUT2D eigenvalue weighted by molar-refractivity contribution is 7.91. The highest BCUT2D eigenvalue weighted by Gasteiger charge is 2.35. The minimum Gasteiger partial charge on any atom is -0.368 e. The molecule has 0 spiro atoms. The van der Waals surface area contributed by atoms with Crippen molar-refractivity contribution in [2.45, 2.75) is 43.6 Å². The zero-order chi connectivity index (χ0) is 17.3. The molecule has 1 aliphatic rings. The molecule has 130 valence electrons. The highest BCUT2D eigenvalue weighted by Crippen LogP contribution is 2.31.